The molecule has 0 saturated carbocycles. The predicted octanol–water partition coefficient (Wildman–Crippen LogP) is 6.36. The molecule has 0 fully saturated rings. The highest BCUT2D eigenvalue weighted by Crippen LogP contribution is 2.38. The number of nitro benzene ring substituents is 1. The first-order valence-corrected chi connectivity index (χ1v) is 13.9. The van der Waals surface area contributed by atoms with E-state index < -0.39 is 19.4 Å². The molecule has 0 atom stereocenters. The molecule has 3 rings (SSSR count). The van der Waals surface area contributed by atoms with Crippen molar-refractivity contribution < 1.29 is 28.1 Å². The number of non-ortho nitro benzene ring substituents is 1. The summed E-state index contributed by atoms with van der Waals surface area (Å²) in [6, 6.07) is 8.75. The van der Waals surface area contributed by atoms with Crippen LogP contribution in [0.5, 0.6) is 11.5 Å². The van der Waals surface area contributed by atoms with Crippen LogP contribution in [0, 0.1) is 24.0 Å². The van der Waals surface area contributed by atoms with Gasteiger partial charge in [0.1, 0.15) is 23.8 Å². The zero-order valence-electron chi connectivity index (χ0n) is 20.9. The molecule has 11 heteroatoms. The van der Waals surface area contributed by atoms with Gasteiger partial charge in [-0.25, -0.2) is 9.78 Å². The van der Waals surface area contributed by atoms with Gasteiger partial charge in [0.05, 0.1) is 21.9 Å². The minimum atomic E-state index is -2.03. The molecule has 35 heavy (non-hydrogen) atoms. The summed E-state index contributed by atoms with van der Waals surface area (Å²) in [6.45, 7) is 14.3. The minimum absolute atomic E-state index is 0.0493. The van der Waals surface area contributed by atoms with Gasteiger partial charge in [0.15, 0.2) is 5.76 Å². The number of ether oxygens (including phenoxy) is 2. The molecule has 0 aliphatic carbocycles. The highest BCUT2D eigenvalue weighted by atomic mass is 28.4. The molecular weight excluding hydrogens is 470 g/mol. The van der Waals surface area contributed by atoms with Gasteiger partial charge in [-0.1, -0.05) is 25.9 Å². The SMILES string of the molecule is Cc1nc(-c2onc(C)c2COC(=O)Oc2ccc([N+](=O)[O-])cc2)ccc1O[Si](C)(C)C(C)(C)C. The van der Waals surface area contributed by atoms with E-state index in [1.807, 2.05) is 13.0 Å². The van der Waals surface area contributed by atoms with Crippen LogP contribution >= 0.6 is 0 Å². The minimum Gasteiger partial charge on any atom is -0.542 e. The van der Waals surface area contributed by atoms with Crippen molar-refractivity contribution in [1.29, 1.82) is 0 Å². The van der Waals surface area contributed by atoms with Gasteiger partial charge in [-0.05, 0) is 56.2 Å². The lowest BCUT2D eigenvalue weighted by atomic mass is 10.1. The van der Waals surface area contributed by atoms with Gasteiger partial charge in [0, 0.05) is 12.1 Å². The standard InChI is InChI=1S/C24H29N3O7Si/c1-15-19(14-31-23(28)32-18-10-8-17(9-11-18)27(29)30)22(33-26-15)20-12-13-21(16(2)25-20)34-35(6,7)24(3,4)5/h8-13H,14H2,1-7H3. The van der Waals surface area contributed by atoms with E-state index in [1.54, 1.807) is 13.0 Å². The first-order valence-electron chi connectivity index (χ1n) is 11.0. The summed E-state index contributed by atoms with van der Waals surface area (Å²) in [5.41, 5.74) is 2.23. The summed E-state index contributed by atoms with van der Waals surface area (Å²) in [6.07, 6.45) is -0.965. The number of aryl methyl sites for hydroxylation is 2. The van der Waals surface area contributed by atoms with Crippen molar-refractivity contribution in [3.63, 3.8) is 0 Å². The first kappa shape index (κ1) is 25.9. The Morgan fingerprint density at radius 3 is 2.31 bits per heavy atom. The van der Waals surface area contributed by atoms with Gasteiger partial charge in [0.2, 0.25) is 0 Å². The molecule has 0 saturated heterocycles. The van der Waals surface area contributed by atoms with Crippen molar-refractivity contribution >= 4 is 20.2 Å². The number of carbonyl (C=O) groups is 1. The van der Waals surface area contributed by atoms with E-state index in [-0.39, 0.29) is 23.1 Å². The smallest absolute Gasteiger partial charge is 0.514 e. The molecule has 0 unspecified atom stereocenters. The van der Waals surface area contributed by atoms with Gasteiger partial charge in [0.25, 0.3) is 14.0 Å². The monoisotopic (exact) mass is 499 g/mol. The average molecular weight is 500 g/mol. The van der Waals surface area contributed by atoms with Crippen molar-refractivity contribution in [2.45, 2.75) is 59.4 Å². The van der Waals surface area contributed by atoms with Gasteiger partial charge in [-0.2, -0.15) is 0 Å². The van der Waals surface area contributed by atoms with Crippen LogP contribution in [0.15, 0.2) is 40.9 Å². The predicted molar refractivity (Wildman–Crippen MR) is 131 cm³/mol. The zero-order chi connectivity index (χ0) is 26.0. The zero-order valence-corrected chi connectivity index (χ0v) is 21.9. The van der Waals surface area contributed by atoms with Crippen molar-refractivity contribution in [2.24, 2.45) is 0 Å². The van der Waals surface area contributed by atoms with Gasteiger partial charge in [-0.3, -0.25) is 10.1 Å². The Bertz CT molecular complexity index is 1230. The maximum atomic E-state index is 12.1. The van der Waals surface area contributed by atoms with E-state index in [0.717, 1.165) is 5.75 Å². The molecule has 0 aliphatic heterocycles. The third-order valence-electron chi connectivity index (χ3n) is 6.01. The number of benzene rings is 1. The van der Waals surface area contributed by atoms with Crippen molar-refractivity contribution in [3.8, 4) is 23.0 Å². The van der Waals surface area contributed by atoms with Crippen molar-refractivity contribution in [1.82, 2.24) is 10.1 Å². The molecule has 0 spiro atoms. The van der Waals surface area contributed by atoms with E-state index in [1.165, 1.54) is 24.3 Å². The van der Waals surface area contributed by atoms with Crippen LogP contribution in [0.25, 0.3) is 11.5 Å². The van der Waals surface area contributed by atoms with Crippen LogP contribution in [-0.4, -0.2) is 29.5 Å². The number of hydrogen-bond acceptors (Lipinski definition) is 9. The molecule has 10 nitrogen and oxygen atoms in total. The summed E-state index contributed by atoms with van der Waals surface area (Å²) in [5, 5.41) is 14.8. The third-order valence-corrected chi connectivity index (χ3v) is 10.4. The second-order valence-corrected chi connectivity index (χ2v) is 14.3. The topological polar surface area (TPSA) is 127 Å². The maximum Gasteiger partial charge on any atom is 0.514 e. The highest BCUT2D eigenvalue weighted by Gasteiger charge is 2.39. The molecule has 0 N–H and O–H groups in total. The first-order chi connectivity index (χ1) is 16.3. The third kappa shape index (κ3) is 6.04. The summed E-state index contributed by atoms with van der Waals surface area (Å²) in [4.78, 5) is 27.0. The lowest BCUT2D eigenvalue weighted by molar-refractivity contribution is -0.384. The number of aromatic nitrogens is 2. The van der Waals surface area contributed by atoms with Crippen LogP contribution in [0.1, 0.15) is 37.7 Å². The number of carbonyl (C=O) groups excluding carboxylic acids is 1. The Labute approximate surface area is 204 Å². The van der Waals surface area contributed by atoms with Gasteiger partial charge >= 0.3 is 6.16 Å². The molecule has 3 aromatic rings. The Kier molecular flexibility index (Phi) is 7.29. The normalized spacial score (nSPS) is 11.7. The molecule has 186 valence electrons. The van der Waals surface area contributed by atoms with E-state index in [0.29, 0.717) is 28.4 Å². The summed E-state index contributed by atoms with van der Waals surface area (Å²) >= 11 is 0. The number of nitrogens with zero attached hydrogens (tertiary/aromatic N) is 3. The summed E-state index contributed by atoms with van der Waals surface area (Å²) < 4.78 is 22.2. The number of nitro groups is 1. The van der Waals surface area contributed by atoms with E-state index in [9.17, 15) is 14.9 Å². The molecule has 2 aromatic heterocycles. The van der Waals surface area contributed by atoms with E-state index >= 15 is 0 Å². The fourth-order valence-electron chi connectivity index (χ4n) is 2.86. The fourth-order valence-corrected chi connectivity index (χ4v) is 3.93. The Morgan fingerprint density at radius 2 is 1.74 bits per heavy atom. The molecule has 0 radical (unpaired) electrons. The second-order valence-electron chi connectivity index (χ2n) is 9.61. The van der Waals surface area contributed by atoms with Gasteiger partial charge in [-0.15, -0.1) is 0 Å². The van der Waals surface area contributed by atoms with Crippen LogP contribution in [-0.2, 0) is 11.3 Å². The molecule has 0 aliphatic rings. The highest BCUT2D eigenvalue weighted by molar-refractivity contribution is 6.74. The van der Waals surface area contributed by atoms with E-state index in [4.69, 9.17) is 18.4 Å². The molecule has 0 bridgehead atoms. The molecular formula is C24H29N3O7Si. The van der Waals surface area contributed by atoms with Crippen molar-refractivity contribution in [3.05, 3.63) is 63.5 Å². The lowest BCUT2D eigenvalue weighted by Crippen LogP contribution is -2.44. The molecule has 1 aromatic carbocycles. The van der Waals surface area contributed by atoms with Crippen LogP contribution in [0.3, 0.4) is 0 Å². The number of rotatable bonds is 7. The largest absolute Gasteiger partial charge is 0.542 e. The quantitative estimate of drug-likeness (QED) is 0.120. The van der Waals surface area contributed by atoms with Gasteiger partial charge < -0.3 is 18.4 Å². The van der Waals surface area contributed by atoms with Crippen LogP contribution in [0.2, 0.25) is 18.1 Å². The van der Waals surface area contributed by atoms with Crippen LogP contribution < -0.4 is 9.16 Å². The van der Waals surface area contributed by atoms with Crippen molar-refractivity contribution in [2.75, 3.05) is 0 Å². The van der Waals surface area contributed by atoms with E-state index in [2.05, 4.69) is 44.0 Å². The second kappa shape index (κ2) is 9.86. The Morgan fingerprint density at radius 1 is 1.09 bits per heavy atom. The molecule has 0 amide bonds. The Balaban J connectivity index is 1.72. The average Bonchev–Trinajstić information content (AvgIpc) is 3.13. The maximum absolute atomic E-state index is 12.1. The fraction of sp³-hybridized carbons (Fsp3) is 0.375. The van der Waals surface area contributed by atoms with Crippen LogP contribution in [0.4, 0.5) is 10.5 Å². The Hall–Kier alpha value is -3.73. The summed E-state index contributed by atoms with van der Waals surface area (Å²) in [7, 11) is -2.03. The summed E-state index contributed by atoms with van der Waals surface area (Å²) in [5.74, 6) is 1.23. The number of hydrogen-bond donors (Lipinski definition) is 0. The lowest BCUT2D eigenvalue weighted by Gasteiger charge is -2.36. The molecule has 2 heterocycles. The number of pyridine rings is 1.